The topological polar surface area (TPSA) is 63.8 Å². The summed E-state index contributed by atoms with van der Waals surface area (Å²) < 4.78 is 54.9. The van der Waals surface area contributed by atoms with Gasteiger partial charge < -0.3 is 5.11 Å². The minimum atomic E-state index is -2.11. The van der Waals surface area contributed by atoms with E-state index in [0.717, 1.165) is 12.1 Å². The lowest BCUT2D eigenvalue weighted by atomic mass is 9.86. The van der Waals surface area contributed by atoms with E-state index in [-0.39, 0.29) is 11.3 Å². The van der Waals surface area contributed by atoms with Crippen molar-refractivity contribution in [1.82, 2.24) is 20.0 Å². The highest BCUT2D eigenvalue weighted by molar-refractivity contribution is 9.10. The zero-order valence-electron chi connectivity index (χ0n) is 13.2. The van der Waals surface area contributed by atoms with Crippen molar-refractivity contribution in [3.05, 3.63) is 75.8 Å². The molecule has 0 spiro atoms. The van der Waals surface area contributed by atoms with Crippen molar-refractivity contribution in [2.75, 3.05) is 0 Å². The summed E-state index contributed by atoms with van der Waals surface area (Å²) in [5.74, 6) is -4.84. The van der Waals surface area contributed by atoms with Crippen molar-refractivity contribution in [3.8, 4) is 0 Å². The van der Waals surface area contributed by atoms with Crippen LogP contribution in [0.3, 0.4) is 0 Å². The van der Waals surface area contributed by atoms with E-state index in [0.29, 0.717) is 15.3 Å². The largest absolute Gasteiger partial charge is 0.383 e. The first kappa shape index (κ1) is 18.5. The number of nitrogens with zero attached hydrogens (tertiary/aromatic N) is 4. The average Bonchev–Trinajstić information content (AvgIpc) is 2.87. The smallest absolute Gasteiger partial charge is 0.289 e. The normalized spacial score (nSPS) is 14.9. The average molecular weight is 431 g/mol. The molecule has 0 aliphatic heterocycles. The van der Waals surface area contributed by atoms with E-state index in [4.69, 9.17) is 0 Å². The molecule has 0 saturated carbocycles. The van der Waals surface area contributed by atoms with Crippen LogP contribution in [0, 0.1) is 23.5 Å². The maximum atomic E-state index is 14.3. The molecule has 3 aromatic rings. The third-order valence-corrected chi connectivity index (χ3v) is 4.29. The molecule has 5 nitrogen and oxygen atoms in total. The molecule has 1 N–H and O–H groups in total. The zero-order chi connectivity index (χ0) is 19.1. The van der Waals surface area contributed by atoms with Crippen LogP contribution in [0.2, 0.25) is 0 Å². The first-order valence-corrected chi connectivity index (χ1v) is 8.06. The minimum absolute atomic E-state index is 0.108. The van der Waals surface area contributed by atoms with Crippen LogP contribution in [-0.2, 0) is 5.60 Å². The Morgan fingerprint density at radius 3 is 2.27 bits per heavy atom. The van der Waals surface area contributed by atoms with Gasteiger partial charge in [0.25, 0.3) is 11.9 Å². The molecule has 0 radical (unpaired) electrons. The number of aromatic nitrogens is 4. The van der Waals surface area contributed by atoms with E-state index in [1.54, 1.807) is 6.07 Å². The molecule has 0 amide bonds. The standard InChI is InChI=1S/C16H11BrF4N4O/c1-16(26,10-4-3-9(18)6-11(10)19)13(12-5-2-8(17)7-22-12)25-23-14(20)15(21)24-25/h2-7,13,26H,1H3. The second-order valence-electron chi connectivity index (χ2n) is 5.68. The van der Waals surface area contributed by atoms with E-state index in [1.165, 1.54) is 19.2 Å². The van der Waals surface area contributed by atoms with Crippen molar-refractivity contribution in [2.45, 2.75) is 18.6 Å². The van der Waals surface area contributed by atoms with Gasteiger partial charge in [-0.1, -0.05) is 6.07 Å². The predicted molar refractivity (Wildman–Crippen MR) is 85.9 cm³/mol. The maximum Gasteiger partial charge on any atom is 0.289 e. The summed E-state index contributed by atoms with van der Waals surface area (Å²) in [6.45, 7) is 1.19. The quantitative estimate of drug-likeness (QED) is 0.643. The molecule has 2 atom stereocenters. The Hall–Kier alpha value is -2.33. The lowest BCUT2D eigenvalue weighted by Crippen LogP contribution is -2.37. The molecule has 0 fully saturated rings. The van der Waals surface area contributed by atoms with Crippen molar-refractivity contribution in [1.29, 1.82) is 0 Å². The molecular formula is C16H11BrF4N4O. The fourth-order valence-corrected chi connectivity index (χ4v) is 2.86. The third kappa shape index (κ3) is 3.34. The number of pyridine rings is 1. The summed E-state index contributed by atoms with van der Waals surface area (Å²) >= 11 is 3.20. The van der Waals surface area contributed by atoms with E-state index in [1.807, 2.05) is 0 Å². The monoisotopic (exact) mass is 430 g/mol. The molecule has 0 aliphatic rings. The van der Waals surface area contributed by atoms with E-state index in [2.05, 4.69) is 31.1 Å². The van der Waals surface area contributed by atoms with Gasteiger partial charge in [0.05, 0.1) is 5.69 Å². The summed E-state index contributed by atoms with van der Waals surface area (Å²) in [5.41, 5.74) is -2.32. The first-order valence-electron chi connectivity index (χ1n) is 7.27. The van der Waals surface area contributed by atoms with Gasteiger partial charge in [-0.2, -0.15) is 13.6 Å². The Balaban J connectivity index is 2.20. The Bertz CT molecular complexity index is 926. The summed E-state index contributed by atoms with van der Waals surface area (Å²) in [5, 5.41) is 17.6. The summed E-state index contributed by atoms with van der Waals surface area (Å²) in [7, 11) is 0. The second kappa shape index (κ2) is 6.76. The van der Waals surface area contributed by atoms with Crippen LogP contribution in [-0.4, -0.2) is 25.1 Å². The Kier molecular flexibility index (Phi) is 4.80. The lowest BCUT2D eigenvalue weighted by molar-refractivity contribution is 0.00101. The van der Waals surface area contributed by atoms with Gasteiger partial charge in [0.2, 0.25) is 0 Å². The molecule has 1 aromatic carbocycles. The minimum Gasteiger partial charge on any atom is -0.383 e. The Morgan fingerprint density at radius 1 is 1.08 bits per heavy atom. The van der Waals surface area contributed by atoms with Gasteiger partial charge in [-0.3, -0.25) is 4.98 Å². The van der Waals surface area contributed by atoms with E-state index in [9.17, 15) is 22.7 Å². The van der Waals surface area contributed by atoms with Gasteiger partial charge in [-0.05, 0) is 41.1 Å². The number of hydrogen-bond donors (Lipinski definition) is 1. The van der Waals surface area contributed by atoms with Gasteiger partial charge in [0, 0.05) is 22.3 Å². The van der Waals surface area contributed by atoms with Crippen LogP contribution in [0.1, 0.15) is 24.2 Å². The fourth-order valence-electron chi connectivity index (χ4n) is 2.63. The van der Waals surface area contributed by atoms with E-state index >= 15 is 0 Å². The van der Waals surface area contributed by atoms with Gasteiger partial charge in [0.1, 0.15) is 23.3 Å². The van der Waals surface area contributed by atoms with Crippen LogP contribution in [0.25, 0.3) is 0 Å². The molecular weight excluding hydrogens is 420 g/mol. The van der Waals surface area contributed by atoms with Crippen LogP contribution >= 0.6 is 15.9 Å². The molecule has 3 rings (SSSR count). The number of rotatable bonds is 4. The van der Waals surface area contributed by atoms with Crippen LogP contribution < -0.4 is 0 Å². The SMILES string of the molecule is CC(O)(c1ccc(F)cc1F)C(c1ccc(Br)cn1)n1nc(F)c(F)n1. The fraction of sp³-hybridized carbons (Fsp3) is 0.188. The molecule has 26 heavy (non-hydrogen) atoms. The van der Waals surface area contributed by atoms with Crippen LogP contribution in [0.4, 0.5) is 17.6 Å². The number of halogens is 5. The molecule has 2 heterocycles. The van der Waals surface area contributed by atoms with Crippen molar-refractivity contribution < 1.29 is 22.7 Å². The van der Waals surface area contributed by atoms with Gasteiger partial charge in [-0.25, -0.2) is 8.78 Å². The van der Waals surface area contributed by atoms with Gasteiger partial charge in [-0.15, -0.1) is 10.2 Å². The first-order chi connectivity index (χ1) is 12.2. The van der Waals surface area contributed by atoms with Gasteiger partial charge in [0.15, 0.2) is 0 Å². The van der Waals surface area contributed by atoms with Crippen molar-refractivity contribution >= 4 is 15.9 Å². The van der Waals surface area contributed by atoms with Crippen LogP contribution in [0.15, 0.2) is 41.0 Å². The maximum absolute atomic E-state index is 14.3. The van der Waals surface area contributed by atoms with Crippen LogP contribution in [0.5, 0.6) is 0 Å². The second-order valence-corrected chi connectivity index (χ2v) is 6.59. The molecule has 10 heteroatoms. The zero-order valence-corrected chi connectivity index (χ0v) is 14.8. The molecule has 0 bridgehead atoms. The number of benzene rings is 1. The van der Waals surface area contributed by atoms with E-state index < -0.39 is 35.2 Å². The van der Waals surface area contributed by atoms with Crippen molar-refractivity contribution in [2.24, 2.45) is 0 Å². The molecule has 0 saturated heterocycles. The van der Waals surface area contributed by atoms with Crippen molar-refractivity contribution in [3.63, 3.8) is 0 Å². The highest BCUT2D eigenvalue weighted by atomic mass is 79.9. The summed E-state index contributed by atoms with van der Waals surface area (Å²) in [6.07, 6.45) is 1.38. The molecule has 136 valence electrons. The predicted octanol–water partition coefficient (Wildman–Crippen LogP) is 3.49. The van der Waals surface area contributed by atoms with Gasteiger partial charge >= 0.3 is 0 Å². The molecule has 2 unspecified atom stereocenters. The highest BCUT2D eigenvalue weighted by Gasteiger charge is 2.41. The summed E-state index contributed by atoms with van der Waals surface area (Å²) in [4.78, 5) is 4.66. The Labute approximate surface area is 153 Å². The third-order valence-electron chi connectivity index (χ3n) is 3.82. The molecule has 0 aliphatic carbocycles. The summed E-state index contributed by atoms with van der Waals surface area (Å²) in [6, 6.07) is 4.21. The lowest BCUT2D eigenvalue weighted by Gasteiger charge is -2.32. The Morgan fingerprint density at radius 2 is 1.73 bits per heavy atom. The highest BCUT2D eigenvalue weighted by Crippen LogP contribution is 2.38. The number of hydrogen-bond acceptors (Lipinski definition) is 4. The number of aliphatic hydroxyl groups is 1. The molecule has 2 aromatic heterocycles.